The van der Waals surface area contributed by atoms with Gasteiger partial charge in [0, 0.05) is 0 Å². The van der Waals surface area contributed by atoms with Gasteiger partial charge < -0.3 is 4.74 Å². The van der Waals surface area contributed by atoms with Crippen molar-refractivity contribution in [3.63, 3.8) is 0 Å². The van der Waals surface area contributed by atoms with Crippen molar-refractivity contribution in [2.24, 2.45) is 0 Å². The summed E-state index contributed by atoms with van der Waals surface area (Å²) in [5.74, 6) is 2.40. The summed E-state index contributed by atoms with van der Waals surface area (Å²) in [6, 6.07) is 18.6. The fraction of sp³-hybridized carbons (Fsp3) is 0.294. The third kappa shape index (κ3) is 4.32. The first-order valence-corrected chi connectivity index (χ1v) is 7.30. The van der Waals surface area contributed by atoms with Crippen molar-refractivity contribution in [3.8, 4) is 5.75 Å². The average Bonchev–Trinajstić information content (AvgIpc) is 2.47. The molecule has 0 aliphatic carbocycles. The molecule has 0 saturated carbocycles. The molecular weight excluding hydrogens is 252 g/mol. The second-order valence-corrected chi connectivity index (χ2v) is 5.20. The van der Waals surface area contributed by atoms with E-state index in [4.69, 9.17) is 4.74 Å². The van der Waals surface area contributed by atoms with Gasteiger partial charge >= 0.3 is 0 Å². The zero-order valence-corrected chi connectivity index (χ0v) is 12.1. The van der Waals surface area contributed by atoms with Crippen LogP contribution in [-0.2, 0) is 6.61 Å². The van der Waals surface area contributed by atoms with Crippen molar-refractivity contribution >= 4 is 12.6 Å². The molecular formula is C17H20OS. The second-order valence-electron chi connectivity index (χ2n) is 4.76. The quantitative estimate of drug-likeness (QED) is 0.751. The van der Waals surface area contributed by atoms with Crippen molar-refractivity contribution in [1.29, 1.82) is 0 Å². The minimum atomic E-state index is 0.556. The molecule has 1 nitrogen and oxygen atoms in total. The molecule has 2 rings (SSSR count). The molecule has 0 saturated heterocycles. The Morgan fingerprint density at radius 3 is 2.32 bits per heavy atom. The summed E-state index contributed by atoms with van der Waals surface area (Å²) < 4.78 is 5.77. The highest BCUT2D eigenvalue weighted by Gasteiger charge is 2.04. The van der Waals surface area contributed by atoms with Gasteiger partial charge in [-0.15, -0.1) is 0 Å². The van der Waals surface area contributed by atoms with E-state index in [2.05, 4.69) is 43.8 Å². The normalized spacial score (nSPS) is 12.1. The SMILES string of the molecule is CC(CCS)c1ccc(OCc2ccccc2)cc1. The molecule has 2 aromatic carbocycles. The van der Waals surface area contributed by atoms with Gasteiger partial charge in [-0.05, 0) is 41.4 Å². The average molecular weight is 272 g/mol. The van der Waals surface area contributed by atoms with Crippen molar-refractivity contribution in [2.45, 2.75) is 25.9 Å². The van der Waals surface area contributed by atoms with Gasteiger partial charge in [0.1, 0.15) is 12.4 Å². The van der Waals surface area contributed by atoms with Crippen LogP contribution in [0.3, 0.4) is 0 Å². The zero-order chi connectivity index (χ0) is 13.5. The molecule has 0 amide bonds. The van der Waals surface area contributed by atoms with Gasteiger partial charge in [0.05, 0.1) is 0 Å². The number of hydrogen-bond donors (Lipinski definition) is 1. The van der Waals surface area contributed by atoms with Crippen LogP contribution in [0, 0.1) is 0 Å². The molecule has 0 aromatic heterocycles. The number of ether oxygens (including phenoxy) is 1. The standard InChI is InChI=1S/C17H20OS/c1-14(11-12-19)16-7-9-17(10-8-16)18-13-15-5-3-2-4-6-15/h2-10,14,19H,11-13H2,1H3. The highest BCUT2D eigenvalue weighted by Crippen LogP contribution is 2.22. The van der Waals surface area contributed by atoms with E-state index in [1.165, 1.54) is 11.1 Å². The van der Waals surface area contributed by atoms with Crippen molar-refractivity contribution in [2.75, 3.05) is 5.75 Å². The summed E-state index contributed by atoms with van der Waals surface area (Å²) in [5.41, 5.74) is 2.54. The van der Waals surface area contributed by atoms with Crippen LogP contribution in [0.1, 0.15) is 30.4 Å². The molecule has 0 aliphatic heterocycles. The maximum Gasteiger partial charge on any atom is 0.119 e. The largest absolute Gasteiger partial charge is 0.489 e. The second kappa shape index (κ2) is 7.25. The van der Waals surface area contributed by atoms with Gasteiger partial charge in [0.2, 0.25) is 0 Å². The fourth-order valence-corrected chi connectivity index (χ4v) is 2.38. The van der Waals surface area contributed by atoms with E-state index < -0.39 is 0 Å². The molecule has 0 bridgehead atoms. The summed E-state index contributed by atoms with van der Waals surface area (Å²) in [6.45, 7) is 2.85. The third-order valence-corrected chi connectivity index (χ3v) is 3.52. The molecule has 0 heterocycles. The smallest absolute Gasteiger partial charge is 0.119 e. The molecule has 0 spiro atoms. The molecule has 0 aliphatic rings. The molecule has 1 atom stereocenters. The van der Waals surface area contributed by atoms with Crippen LogP contribution >= 0.6 is 12.6 Å². The Morgan fingerprint density at radius 2 is 1.68 bits per heavy atom. The lowest BCUT2D eigenvalue weighted by molar-refractivity contribution is 0.306. The molecule has 1 unspecified atom stereocenters. The minimum Gasteiger partial charge on any atom is -0.489 e. The molecule has 0 radical (unpaired) electrons. The van der Waals surface area contributed by atoms with Crippen LogP contribution in [0.15, 0.2) is 54.6 Å². The first kappa shape index (κ1) is 14.0. The van der Waals surface area contributed by atoms with Crippen LogP contribution in [0.4, 0.5) is 0 Å². The summed E-state index contributed by atoms with van der Waals surface area (Å²) in [5, 5.41) is 0. The maximum atomic E-state index is 5.77. The lowest BCUT2D eigenvalue weighted by atomic mass is 9.99. The predicted molar refractivity (Wildman–Crippen MR) is 84.1 cm³/mol. The topological polar surface area (TPSA) is 9.23 Å². The maximum absolute atomic E-state index is 5.77. The van der Waals surface area contributed by atoms with E-state index in [0.29, 0.717) is 12.5 Å². The van der Waals surface area contributed by atoms with E-state index >= 15 is 0 Å². The summed E-state index contributed by atoms with van der Waals surface area (Å²) in [7, 11) is 0. The first-order valence-electron chi connectivity index (χ1n) is 6.67. The van der Waals surface area contributed by atoms with Gasteiger partial charge in [-0.1, -0.05) is 49.4 Å². The van der Waals surface area contributed by atoms with Crippen LogP contribution < -0.4 is 4.74 Å². The number of benzene rings is 2. The van der Waals surface area contributed by atoms with Crippen molar-refractivity contribution in [3.05, 3.63) is 65.7 Å². The summed E-state index contributed by atoms with van der Waals surface area (Å²) >= 11 is 4.28. The van der Waals surface area contributed by atoms with E-state index in [1.54, 1.807) is 0 Å². The van der Waals surface area contributed by atoms with Crippen LogP contribution in [0.5, 0.6) is 5.75 Å². The fourth-order valence-electron chi connectivity index (χ4n) is 1.99. The van der Waals surface area contributed by atoms with Gasteiger partial charge in [0.15, 0.2) is 0 Å². The van der Waals surface area contributed by atoms with E-state index in [-0.39, 0.29) is 0 Å². The zero-order valence-electron chi connectivity index (χ0n) is 11.3. The van der Waals surface area contributed by atoms with Gasteiger partial charge in [0.25, 0.3) is 0 Å². The van der Waals surface area contributed by atoms with E-state index in [1.807, 2.05) is 30.3 Å². The summed E-state index contributed by atoms with van der Waals surface area (Å²) in [6.07, 6.45) is 1.10. The number of thiol groups is 1. The van der Waals surface area contributed by atoms with Gasteiger partial charge in [-0.25, -0.2) is 0 Å². The van der Waals surface area contributed by atoms with E-state index in [9.17, 15) is 0 Å². The lowest BCUT2D eigenvalue weighted by Gasteiger charge is -2.11. The van der Waals surface area contributed by atoms with Gasteiger partial charge in [-0.2, -0.15) is 12.6 Å². The summed E-state index contributed by atoms with van der Waals surface area (Å²) in [4.78, 5) is 0. The van der Waals surface area contributed by atoms with Gasteiger partial charge in [-0.3, -0.25) is 0 Å². The first-order chi connectivity index (χ1) is 9.29. The Morgan fingerprint density at radius 1 is 1.00 bits per heavy atom. The highest BCUT2D eigenvalue weighted by atomic mass is 32.1. The Hall–Kier alpha value is -1.41. The van der Waals surface area contributed by atoms with E-state index in [0.717, 1.165) is 17.9 Å². The predicted octanol–water partition coefficient (Wildman–Crippen LogP) is 4.69. The number of rotatable bonds is 6. The minimum absolute atomic E-state index is 0.556. The molecule has 0 N–H and O–H groups in total. The monoisotopic (exact) mass is 272 g/mol. The Labute approximate surface area is 121 Å². The van der Waals surface area contributed by atoms with Crippen LogP contribution in [0.2, 0.25) is 0 Å². The lowest BCUT2D eigenvalue weighted by Crippen LogP contribution is -1.97. The Kier molecular flexibility index (Phi) is 5.34. The Bertz CT molecular complexity index is 478. The van der Waals surface area contributed by atoms with Crippen molar-refractivity contribution in [1.82, 2.24) is 0 Å². The molecule has 100 valence electrons. The van der Waals surface area contributed by atoms with Crippen LogP contribution in [0.25, 0.3) is 0 Å². The molecule has 19 heavy (non-hydrogen) atoms. The number of hydrogen-bond acceptors (Lipinski definition) is 2. The third-order valence-electron chi connectivity index (χ3n) is 3.26. The molecule has 2 aromatic rings. The molecule has 0 fully saturated rings. The van der Waals surface area contributed by atoms with Crippen molar-refractivity contribution < 1.29 is 4.74 Å². The Balaban J connectivity index is 1.92. The molecule has 2 heteroatoms. The van der Waals surface area contributed by atoms with Crippen LogP contribution in [-0.4, -0.2) is 5.75 Å². The highest BCUT2D eigenvalue weighted by molar-refractivity contribution is 7.80.